The lowest BCUT2D eigenvalue weighted by Crippen LogP contribution is -2.41. The quantitative estimate of drug-likeness (QED) is 0.510. The van der Waals surface area contributed by atoms with E-state index >= 15 is 0 Å². The maximum atomic E-state index is 13.3. The van der Waals surface area contributed by atoms with Crippen molar-refractivity contribution in [3.05, 3.63) is 64.3 Å². The molecule has 4 rings (SSSR count). The minimum Gasteiger partial charge on any atom is -0.469 e. The minimum atomic E-state index is -4.58. The van der Waals surface area contributed by atoms with Gasteiger partial charge in [-0.25, -0.2) is 0 Å². The molecule has 0 aliphatic carbocycles. The molecule has 2 aromatic carbocycles. The Kier molecular flexibility index (Phi) is 6.34. The number of ether oxygens (including phenoxy) is 1. The number of carbonyl (C=O) groups excluding carboxylic acids is 2. The molecular formula is C23H21ClF3N3O3. The van der Waals surface area contributed by atoms with Crippen LogP contribution in [-0.2, 0) is 33.8 Å². The monoisotopic (exact) mass is 479 g/mol. The highest BCUT2D eigenvalue weighted by Crippen LogP contribution is 2.36. The molecule has 2 heterocycles. The van der Waals surface area contributed by atoms with E-state index in [2.05, 4.69) is 9.84 Å². The van der Waals surface area contributed by atoms with E-state index < -0.39 is 30.5 Å². The minimum absolute atomic E-state index is 0.0805. The number of methoxy groups -OCH3 is 1. The van der Waals surface area contributed by atoms with Crippen LogP contribution in [0.1, 0.15) is 23.1 Å². The van der Waals surface area contributed by atoms with Gasteiger partial charge in [0.25, 0.3) is 0 Å². The Balaban J connectivity index is 1.79. The summed E-state index contributed by atoms with van der Waals surface area (Å²) in [6.07, 6.45) is -3.25. The predicted molar refractivity (Wildman–Crippen MR) is 116 cm³/mol. The maximum Gasteiger partial charge on any atom is 0.406 e. The molecule has 0 fully saturated rings. The van der Waals surface area contributed by atoms with Gasteiger partial charge in [-0.1, -0.05) is 41.9 Å². The van der Waals surface area contributed by atoms with E-state index in [0.717, 1.165) is 10.5 Å². The van der Waals surface area contributed by atoms with Crippen LogP contribution in [0.25, 0.3) is 10.9 Å². The normalized spacial score (nSPS) is 16.6. The van der Waals surface area contributed by atoms with Gasteiger partial charge in [0.05, 0.1) is 42.7 Å². The highest BCUT2D eigenvalue weighted by Gasteiger charge is 2.39. The summed E-state index contributed by atoms with van der Waals surface area (Å²) in [6, 6.07) is 11.2. The molecule has 1 aliphatic rings. The van der Waals surface area contributed by atoms with E-state index in [4.69, 9.17) is 11.6 Å². The molecule has 1 atom stereocenters. The zero-order valence-corrected chi connectivity index (χ0v) is 18.5. The number of alkyl halides is 3. The van der Waals surface area contributed by atoms with E-state index in [1.54, 1.807) is 16.9 Å². The van der Waals surface area contributed by atoms with Crippen LogP contribution in [0.3, 0.4) is 0 Å². The summed E-state index contributed by atoms with van der Waals surface area (Å²) in [5.41, 5.74) is 2.75. The number of aromatic nitrogens is 2. The van der Waals surface area contributed by atoms with Crippen LogP contribution in [0, 0.1) is 5.92 Å². The van der Waals surface area contributed by atoms with E-state index in [1.807, 2.05) is 30.3 Å². The Hall–Kier alpha value is -3.07. The van der Waals surface area contributed by atoms with Crippen molar-refractivity contribution in [3.8, 4) is 0 Å². The lowest BCUT2D eigenvalue weighted by molar-refractivity contribution is -0.165. The summed E-state index contributed by atoms with van der Waals surface area (Å²) in [5, 5.41) is 5.39. The zero-order chi connectivity index (χ0) is 23.8. The van der Waals surface area contributed by atoms with Crippen molar-refractivity contribution in [3.63, 3.8) is 0 Å². The molecule has 33 heavy (non-hydrogen) atoms. The Morgan fingerprint density at radius 1 is 1.27 bits per heavy atom. The summed E-state index contributed by atoms with van der Waals surface area (Å²) in [5.74, 6) is -2.38. The number of halogens is 4. The highest BCUT2D eigenvalue weighted by molar-refractivity contribution is 6.35. The first-order chi connectivity index (χ1) is 15.7. The molecular weight excluding hydrogens is 459 g/mol. The second kappa shape index (κ2) is 9.05. The number of nitrogens with zero attached hydrogens (tertiary/aromatic N) is 3. The van der Waals surface area contributed by atoms with Crippen LogP contribution in [0.5, 0.6) is 0 Å². The van der Waals surface area contributed by atoms with E-state index in [0.29, 0.717) is 33.6 Å². The number of rotatable bonds is 5. The fourth-order valence-corrected chi connectivity index (χ4v) is 4.59. The van der Waals surface area contributed by atoms with Gasteiger partial charge in [-0.2, -0.15) is 18.3 Å². The second-order valence-electron chi connectivity index (χ2n) is 8.04. The number of esters is 1. The largest absolute Gasteiger partial charge is 0.469 e. The van der Waals surface area contributed by atoms with Gasteiger partial charge in [0.15, 0.2) is 0 Å². The summed E-state index contributed by atoms with van der Waals surface area (Å²) in [4.78, 5) is 25.6. The first-order valence-corrected chi connectivity index (χ1v) is 10.7. The lowest BCUT2D eigenvalue weighted by atomic mass is 9.93. The third-order valence-corrected chi connectivity index (χ3v) is 6.03. The van der Waals surface area contributed by atoms with E-state index in [1.165, 1.54) is 7.11 Å². The summed E-state index contributed by atoms with van der Waals surface area (Å²) in [7, 11) is 1.17. The topological polar surface area (TPSA) is 64.4 Å². The van der Waals surface area contributed by atoms with Crippen molar-refractivity contribution in [2.75, 3.05) is 13.7 Å². The van der Waals surface area contributed by atoms with E-state index in [-0.39, 0.29) is 19.4 Å². The molecule has 0 radical (unpaired) electrons. The van der Waals surface area contributed by atoms with Crippen molar-refractivity contribution in [1.29, 1.82) is 0 Å². The SMILES string of the molecule is COC(=O)CC1Cc2cc(Cl)c3c(cnn3Cc3ccccc3)c2CN(CC(F)(F)F)C1=O. The predicted octanol–water partition coefficient (Wildman–Crippen LogP) is 4.36. The average Bonchev–Trinajstić information content (AvgIpc) is 3.13. The van der Waals surface area contributed by atoms with Crippen LogP contribution in [0.4, 0.5) is 13.2 Å². The van der Waals surface area contributed by atoms with Crippen LogP contribution in [-0.4, -0.2) is 46.4 Å². The molecule has 1 amide bonds. The van der Waals surface area contributed by atoms with Gasteiger partial charge in [0.2, 0.25) is 5.91 Å². The van der Waals surface area contributed by atoms with Crippen LogP contribution in [0.2, 0.25) is 5.02 Å². The first kappa shape index (κ1) is 23.1. The summed E-state index contributed by atoms with van der Waals surface area (Å²) >= 11 is 6.59. The third-order valence-electron chi connectivity index (χ3n) is 5.74. The molecule has 0 spiro atoms. The molecule has 0 bridgehead atoms. The Morgan fingerprint density at radius 2 is 2.00 bits per heavy atom. The molecule has 1 aliphatic heterocycles. The number of amides is 1. The molecule has 0 N–H and O–H groups in total. The average molecular weight is 480 g/mol. The van der Waals surface area contributed by atoms with Crippen molar-refractivity contribution in [2.24, 2.45) is 5.92 Å². The van der Waals surface area contributed by atoms with Gasteiger partial charge >= 0.3 is 12.1 Å². The molecule has 174 valence electrons. The van der Waals surface area contributed by atoms with Crippen molar-refractivity contribution >= 4 is 34.4 Å². The molecule has 6 nitrogen and oxygen atoms in total. The maximum absolute atomic E-state index is 13.3. The van der Waals surface area contributed by atoms with Crippen molar-refractivity contribution in [1.82, 2.24) is 14.7 Å². The molecule has 10 heteroatoms. The van der Waals surface area contributed by atoms with Crippen molar-refractivity contribution in [2.45, 2.75) is 32.1 Å². The van der Waals surface area contributed by atoms with Crippen LogP contribution < -0.4 is 0 Å². The van der Waals surface area contributed by atoms with Gasteiger partial charge in [0, 0.05) is 11.9 Å². The molecule has 1 aromatic heterocycles. The van der Waals surface area contributed by atoms with Crippen molar-refractivity contribution < 1.29 is 27.5 Å². The standard InChI is InChI=1S/C23H21ClF3N3O3/c1-33-20(31)9-16-7-15-8-19(24)21-17(10-28-30(21)11-14-5-3-2-4-6-14)18(15)12-29(22(16)32)13-23(25,26)27/h2-6,8,10,16H,7,9,11-13H2,1H3. The highest BCUT2D eigenvalue weighted by atomic mass is 35.5. The zero-order valence-electron chi connectivity index (χ0n) is 17.7. The van der Waals surface area contributed by atoms with Gasteiger partial charge in [-0.05, 0) is 29.2 Å². The number of hydrogen-bond donors (Lipinski definition) is 0. The number of fused-ring (bicyclic) bond motifs is 3. The number of carbonyl (C=O) groups is 2. The first-order valence-electron chi connectivity index (χ1n) is 10.3. The van der Waals surface area contributed by atoms with Gasteiger partial charge in [0.1, 0.15) is 6.54 Å². The van der Waals surface area contributed by atoms with Gasteiger partial charge in [-0.15, -0.1) is 0 Å². The molecule has 1 unspecified atom stereocenters. The number of benzene rings is 2. The Labute approximate surface area is 192 Å². The Morgan fingerprint density at radius 3 is 2.67 bits per heavy atom. The summed E-state index contributed by atoms with van der Waals surface area (Å²) in [6.45, 7) is -1.24. The Bertz CT molecular complexity index is 1190. The third kappa shape index (κ3) is 4.98. The van der Waals surface area contributed by atoms with Crippen LogP contribution >= 0.6 is 11.6 Å². The lowest BCUT2D eigenvalue weighted by Gasteiger charge is -2.25. The van der Waals surface area contributed by atoms with E-state index in [9.17, 15) is 22.8 Å². The van der Waals surface area contributed by atoms with Crippen LogP contribution in [0.15, 0.2) is 42.6 Å². The fraction of sp³-hybridized carbons (Fsp3) is 0.348. The van der Waals surface area contributed by atoms with Gasteiger partial charge < -0.3 is 9.64 Å². The van der Waals surface area contributed by atoms with Gasteiger partial charge in [-0.3, -0.25) is 14.3 Å². The number of hydrogen-bond acceptors (Lipinski definition) is 4. The molecule has 0 saturated carbocycles. The molecule has 3 aromatic rings. The smallest absolute Gasteiger partial charge is 0.406 e. The molecule has 0 saturated heterocycles. The second-order valence-corrected chi connectivity index (χ2v) is 8.44. The summed E-state index contributed by atoms with van der Waals surface area (Å²) < 4.78 is 46.2. The fourth-order valence-electron chi connectivity index (χ4n) is 4.26.